The Bertz CT molecular complexity index is 1130. The highest BCUT2D eigenvalue weighted by molar-refractivity contribution is 7.22. The lowest BCUT2D eigenvalue weighted by molar-refractivity contribution is 0.344. The quantitative estimate of drug-likeness (QED) is 0.481. The fourth-order valence-corrected chi connectivity index (χ4v) is 5.51. The SMILES string of the molecule is CCOc1cccc2sc(N3CCN(c4nc5c(F)cccc5s4)CC3)nc12. The van der Waals surface area contributed by atoms with Crippen molar-refractivity contribution in [3.63, 3.8) is 0 Å². The third-order valence-corrected chi connectivity index (χ3v) is 7.01. The van der Waals surface area contributed by atoms with Crippen LogP contribution in [0, 0.1) is 5.82 Å². The first kappa shape index (κ1) is 17.6. The summed E-state index contributed by atoms with van der Waals surface area (Å²) in [7, 11) is 0. The number of fused-ring (bicyclic) bond motifs is 2. The van der Waals surface area contributed by atoms with Gasteiger partial charge in [-0.2, -0.15) is 0 Å². The fourth-order valence-electron chi connectivity index (χ4n) is 3.45. The molecule has 5 rings (SSSR count). The van der Waals surface area contributed by atoms with Gasteiger partial charge in [0, 0.05) is 26.2 Å². The molecule has 1 fully saturated rings. The molecule has 2 aromatic carbocycles. The Labute approximate surface area is 170 Å². The van der Waals surface area contributed by atoms with Gasteiger partial charge in [-0.25, -0.2) is 14.4 Å². The third-order valence-electron chi connectivity index (χ3n) is 4.85. The summed E-state index contributed by atoms with van der Waals surface area (Å²) in [6.07, 6.45) is 0. The Morgan fingerprint density at radius 2 is 1.46 bits per heavy atom. The number of anilines is 2. The number of hydrogen-bond donors (Lipinski definition) is 0. The number of nitrogens with zero attached hydrogens (tertiary/aromatic N) is 4. The first-order valence-electron chi connectivity index (χ1n) is 9.30. The van der Waals surface area contributed by atoms with Crippen LogP contribution >= 0.6 is 22.7 Å². The molecule has 0 saturated carbocycles. The topological polar surface area (TPSA) is 41.5 Å². The van der Waals surface area contributed by atoms with Crippen molar-refractivity contribution in [3.05, 3.63) is 42.2 Å². The lowest BCUT2D eigenvalue weighted by atomic mass is 10.3. The van der Waals surface area contributed by atoms with E-state index in [0.29, 0.717) is 12.1 Å². The van der Waals surface area contributed by atoms with E-state index in [1.807, 2.05) is 25.1 Å². The molecule has 1 aliphatic heterocycles. The minimum Gasteiger partial charge on any atom is -0.492 e. The van der Waals surface area contributed by atoms with Gasteiger partial charge in [-0.15, -0.1) is 0 Å². The van der Waals surface area contributed by atoms with Gasteiger partial charge in [0.2, 0.25) is 0 Å². The average molecular weight is 415 g/mol. The number of benzene rings is 2. The van der Waals surface area contributed by atoms with Crippen LogP contribution < -0.4 is 14.5 Å². The zero-order valence-corrected chi connectivity index (χ0v) is 17.0. The van der Waals surface area contributed by atoms with Crippen molar-refractivity contribution in [1.29, 1.82) is 0 Å². The number of piperazine rings is 1. The maximum Gasteiger partial charge on any atom is 0.186 e. The van der Waals surface area contributed by atoms with E-state index >= 15 is 0 Å². The summed E-state index contributed by atoms with van der Waals surface area (Å²) in [4.78, 5) is 13.9. The summed E-state index contributed by atoms with van der Waals surface area (Å²) in [5.74, 6) is 0.593. The van der Waals surface area contributed by atoms with Crippen LogP contribution in [0.2, 0.25) is 0 Å². The molecule has 5 nitrogen and oxygen atoms in total. The van der Waals surface area contributed by atoms with Gasteiger partial charge < -0.3 is 14.5 Å². The number of para-hydroxylation sites is 2. The molecule has 4 aromatic rings. The van der Waals surface area contributed by atoms with E-state index in [1.165, 1.54) is 6.07 Å². The Morgan fingerprint density at radius 3 is 2.07 bits per heavy atom. The molecule has 0 amide bonds. The molecule has 0 N–H and O–H groups in total. The molecule has 0 aliphatic carbocycles. The zero-order valence-electron chi connectivity index (χ0n) is 15.4. The molecule has 0 bridgehead atoms. The molecule has 3 heterocycles. The van der Waals surface area contributed by atoms with E-state index in [1.54, 1.807) is 28.7 Å². The van der Waals surface area contributed by atoms with Crippen LogP contribution in [0.25, 0.3) is 20.4 Å². The lowest BCUT2D eigenvalue weighted by Gasteiger charge is -2.34. The largest absolute Gasteiger partial charge is 0.492 e. The number of halogens is 1. The molecule has 1 aliphatic rings. The van der Waals surface area contributed by atoms with Crippen molar-refractivity contribution in [2.45, 2.75) is 6.92 Å². The van der Waals surface area contributed by atoms with Gasteiger partial charge in [0.25, 0.3) is 0 Å². The normalized spacial score (nSPS) is 14.9. The molecule has 0 atom stereocenters. The van der Waals surface area contributed by atoms with Crippen molar-refractivity contribution in [3.8, 4) is 5.75 Å². The maximum absolute atomic E-state index is 13.9. The molecule has 0 unspecified atom stereocenters. The van der Waals surface area contributed by atoms with Crippen molar-refractivity contribution in [1.82, 2.24) is 9.97 Å². The maximum atomic E-state index is 13.9. The van der Waals surface area contributed by atoms with E-state index in [-0.39, 0.29) is 5.82 Å². The average Bonchev–Trinajstić information content (AvgIpc) is 3.34. The Morgan fingerprint density at radius 1 is 0.893 bits per heavy atom. The highest BCUT2D eigenvalue weighted by Gasteiger charge is 2.23. The van der Waals surface area contributed by atoms with Crippen molar-refractivity contribution in [2.75, 3.05) is 42.6 Å². The summed E-state index contributed by atoms with van der Waals surface area (Å²) < 4.78 is 21.7. The van der Waals surface area contributed by atoms with E-state index in [2.05, 4.69) is 20.9 Å². The van der Waals surface area contributed by atoms with E-state index in [4.69, 9.17) is 9.72 Å². The van der Waals surface area contributed by atoms with Gasteiger partial charge in [0.15, 0.2) is 10.3 Å². The number of thiazole rings is 2. The Hall–Kier alpha value is -2.45. The predicted molar refractivity (Wildman–Crippen MR) is 115 cm³/mol. The first-order chi connectivity index (χ1) is 13.7. The van der Waals surface area contributed by atoms with Gasteiger partial charge in [-0.1, -0.05) is 34.8 Å². The smallest absolute Gasteiger partial charge is 0.186 e. The molecular formula is C20H19FN4OS2. The van der Waals surface area contributed by atoms with Crippen LogP contribution in [0.5, 0.6) is 5.75 Å². The number of aromatic nitrogens is 2. The fraction of sp³-hybridized carbons (Fsp3) is 0.300. The molecule has 2 aromatic heterocycles. The van der Waals surface area contributed by atoms with Gasteiger partial charge in [0.1, 0.15) is 22.6 Å². The highest BCUT2D eigenvalue weighted by Crippen LogP contribution is 2.35. The van der Waals surface area contributed by atoms with Gasteiger partial charge >= 0.3 is 0 Å². The summed E-state index contributed by atoms with van der Waals surface area (Å²) in [6, 6.07) is 11.2. The second kappa shape index (κ2) is 7.18. The molecule has 1 saturated heterocycles. The van der Waals surface area contributed by atoms with Crippen LogP contribution in [0.3, 0.4) is 0 Å². The Kier molecular flexibility index (Phi) is 4.52. The summed E-state index contributed by atoms with van der Waals surface area (Å²) in [5.41, 5.74) is 1.41. The number of hydrogen-bond acceptors (Lipinski definition) is 7. The minimum atomic E-state index is -0.252. The highest BCUT2D eigenvalue weighted by atomic mass is 32.1. The van der Waals surface area contributed by atoms with Crippen molar-refractivity contribution >= 4 is 53.4 Å². The first-order valence-corrected chi connectivity index (χ1v) is 10.9. The van der Waals surface area contributed by atoms with E-state index in [9.17, 15) is 4.39 Å². The second-order valence-corrected chi connectivity index (χ2v) is 8.61. The van der Waals surface area contributed by atoms with Crippen LogP contribution in [0.4, 0.5) is 14.7 Å². The zero-order chi connectivity index (χ0) is 19.1. The minimum absolute atomic E-state index is 0.252. The third kappa shape index (κ3) is 3.06. The molecule has 144 valence electrons. The molecule has 0 radical (unpaired) electrons. The lowest BCUT2D eigenvalue weighted by Crippen LogP contribution is -2.46. The molecule has 28 heavy (non-hydrogen) atoms. The van der Waals surface area contributed by atoms with Crippen LogP contribution in [0.1, 0.15) is 6.92 Å². The second-order valence-electron chi connectivity index (χ2n) is 6.59. The number of rotatable bonds is 4. The van der Waals surface area contributed by atoms with Gasteiger partial charge in [0.05, 0.1) is 16.0 Å². The molecule has 0 spiro atoms. The van der Waals surface area contributed by atoms with Crippen molar-refractivity contribution < 1.29 is 9.13 Å². The monoisotopic (exact) mass is 414 g/mol. The summed E-state index contributed by atoms with van der Waals surface area (Å²) in [6.45, 7) is 6.03. The summed E-state index contributed by atoms with van der Waals surface area (Å²) in [5, 5.41) is 1.92. The number of ether oxygens (including phenoxy) is 1. The van der Waals surface area contributed by atoms with Gasteiger partial charge in [-0.05, 0) is 31.2 Å². The van der Waals surface area contributed by atoms with Crippen LogP contribution in [-0.2, 0) is 0 Å². The Balaban J connectivity index is 1.34. The van der Waals surface area contributed by atoms with Crippen LogP contribution in [-0.4, -0.2) is 42.8 Å². The van der Waals surface area contributed by atoms with Crippen LogP contribution in [0.15, 0.2) is 36.4 Å². The standard InChI is InChI=1S/C20H19FN4OS2/c1-2-26-14-6-4-8-16-18(14)23-20(28-16)25-11-9-24(10-12-25)19-22-17-13(21)5-3-7-15(17)27-19/h3-8H,2,9-12H2,1H3. The van der Waals surface area contributed by atoms with Gasteiger partial charge in [-0.3, -0.25) is 0 Å². The predicted octanol–water partition coefficient (Wildman–Crippen LogP) is 4.77. The van der Waals surface area contributed by atoms with E-state index < -0.39 is 0 Å². The molecule has 8 heteroatoms. The summed E-state index contributed by atoms with van der Waals surface area (Å²) >= 11 is 3.25. The van der Waals surface area contributed by atoms with Crippen molar-refractivity contribution in [2.24, 2.45) is 0 Å². The van der Waals surface area contributed by atoms with E-state index in [0.717, 1.165) is 57.1 Å². The molecular weight excluding hydrogens is 395 g/mol.